The van der Waals surface area contributed by atoms with E-state index in [2.05, 4.69) is 25.8 Å². The summed E-state index contributed by atoms with van der Waals surface area (Å²) in [6.07, 6.45) is 4.81. The number of carbonyl (C=O) groups excluding carboxylic acids is 1. The zero-order valence-electron chi connectivity index (χ0n) is 9.88. The second-order valence-corrected chi connectivity index (χ2v) is 3.60. The molecular weight excluding hydrogens is 234 g/mol. The largest absolute Gasteiger partial charge is 0.367 e. The summed E-state index contributed by atoms with van der Waals surface area (Å²) >= 11 is 0. The predicted octanol–water partition coefficient (Wildman–Crippen LogP) is 0.615. The molecule has 0 aliphatic heterocycles. The van der Waals surface area contributed by atoms with Gasteiger partial charge in [0, 0.05) is 31.5 Å². The van der Waals surface area contributed by atoms with E-state index in [0.29, 0.717) is 24.7 Å². The van der Waals surface area contributed by atoms with E-state index in [0.717, 1.165) is 0 Å². The molecule has 7 heteroatoms. The van der Waals surface area contributed by atoms with E-state index in [4.69, 9.17) is 4.52 Å². The van der Waals surface area contributed by atoms with Crippen LogP contribution in [-0.2, 0) is 0 Å². The highest BCUT2D eigenvalue weighted by Gasteiger charge is 2.09. The van der Waals surface area contributed by atoms with Crippen LogP contribution in [0.15, 0.2) is 29.2 Å². The van der Waals surface area contributed by atoms with Crippen LogP contribution in [0.5, 0.6) is 0 Å². The Balaban J connectivity index is 1.71. The van der Waals surface area contributed by atoms with Gasteiger partial charge < -0.3 is 15.2 Å². The number of anilines is 1. The van der Waals surface area contributed by atoms with Gasteiger partial charge in [0.05, 0.1) is 6.20 Å². The van der Waals surface area contributed by atoms with Gasteiger partial charge in [-0.1, -0.05) is 5.16 Å². The molecule has 2 heterocycles. The first-order chi connectivity index (χ1) is 8.75. The summed E-state index contributed by atoms with van der Waals surface area (Å²) in [5.74, 6) is 1.02. The molecule has 18 heavy (non-hydrogen) atoms. The summed E-state index contributed by atoms with van der Waals surface area (Å²) < 4.78 is 4.82. The Morgan fingerprint density at radius 3 is 2.94 bits per heavy atom. The van der Waals surface area contributed by atoms with Gasteiger partial charge in [0.2, 0.25) is 0 Å². The minimum absolute atomic E-state index is 0.257. The van der Waals surface area contributed by atoms with E-state index in [-0.39, 0.29) is 11.6 Å². The van der Waals surface area contributed by atoms with E-state index < -0.39 is 0 Å². The lowest BCUT2D eigenvalue weighted by Crippen LogP contribution is -2.29. The molecule has 0 atom stereocenters. The molecule has 0 bridgehead atoms. The summed E-state index contributed by atoms with van der Waals surface area (Å²) in [5.41, 5.74) is 0.284. The first-order valence-corrected chi connectivity index (χ1v) is 5.47. The standard InChI is InChI=1S/C11H13N5O2/c1-8-6-9(16-18-8)11(17)15-5-4-14-10-7-12-2-3-13-10/h2-3,6-7H,4-5H2,1H3,(H,13,14)(H,15,17). The van der Waals surface area contributed by atoms with Gasteiger partial charge >= 0.3 is 0 Å². The van der Waals surface area contributed by atoms with Crippen LogP contribution < -0.4 is 10.6 Å². The van der Waals surface area contributed by atoms with Gasteiger partial charge in [-0.05, 0) is 6.92 Å². The van der Waals surface area contributed by atoms with Gasteiger partial charge in [-0.3, -0.25) is 9.78 Å². The molecule has 0 spiro atoms. The highest BCUT2D eigenvalue weighted by molar-refractivity contribution is 5.92. The molecular formula is C11H13N5O2. The summed E-state index contributed by atoms with van der Waals surface area (Å²) in [7, 11) is 0. The van der Waals surface area contributed by atoms with Crippen molar-refractivity contribution in [1.82, 2.24) is 20.4 Å². The van der Waals surface area contributed by atoms with Crippen molar-refractivity contribution in [2.24, 2.45) is 0 Å². The Morgan fingerprint density at radius 1 is 1.39 bits per heavy atom. The number of nitrogens with zero attached hydrogens (tertiary/aromatic N) is 3. The Morgan fingerprint density at radius 2 is 2.28 bits per heavy atom. The molecule has 2 rings (SSSR count). The lowest BCUT2D eigenvalue weighted by molar-refractivity contribution is 0.0946. The van der Waals surface area contributed by atoms with E-state index in [9.17, 15) is 4.79 Å². The van der Waals surface area contributed by atoms with E-state index in [1.807, 2.05) is 0 Å². The summed E-state index contributed by atoms with van der Waals surface area (Å²) in [5, 5.41) is 9.36. The maximum atomic E-state index is 11.6. The van der Waals surface area contributed by atoms with Crippen molar-refractivity contribution in [2.45, 2.75) is 6.92 Å². The van der Waals surface area contributed by atoms with Crippen LogP contribution in [0, 0.1) is 6.92 Å². The summed E-state index contributed by atoms with van der Waals surface area (Å²) in [6, 6.07) is 1.59. The molecule has 2 aromatic rings. The second kappa shape index (κ2) is 5.76. The topological polar surface area (TPSA) is 92.9 Å². The number of rotatable bonds is 5. The third kappa shape index (κ3) is 3.27. The molecule has 7 nitrogen and oxygen atoms in total. The lowest BCUT2D eigenvalue weighted by Gasteiger charge is -2.05. The second-order valence-electron chi connectivity index (χ2n) is 3.60. The first kappa shape index (κ1) is 12.0. The van der Waals surface area contributed by atoms with Crippen LogP contribution in [0.4, 0.5) is 5.82 Å². The molecule has 0 unspecified atom stereocenters. The van der Waals surface area contributed by atoms with Crippen LogP contribution in [0.25, 0.3) is 0 Å². The molecule has 0 saturated carbocycles. The minimum atomic E-state index is -0.257. The number of aryl methyl sites for hydroxylation is 1. The van der Waals surface area contributed by atoms with Crippen LogP contribution in [0.2, 0.25) is 0 Å². The molecule has 0 radical (unpaired) electrons. The van der Waals surface area contributed by atoms with E-state index in [1.165, 1.54) is 0 Å². The van der Waals surface area contributed by atoms with Crippen molar-refractivity contribution in [2.75, 3.05) is 18.4 Å². The molecule has 2 aromatic heterocycles. The predicted molar refractivity (Wildman–Crippen MR) is 64.1 cm³/mol. The smallest absolute Gasteiger partial charge is 0.273 e. The molecule has 0 fully saturated rings. The van der Waals surface area contributed by atoms with Gasteiger partial charge in [0.15, 0.2) is 5.69 Å². The zero-order chi connectivity index (χ0) is 12.8. The monoisotopic (exact) mass is 247 g/mol. The van der Waals surface area contributed by atoms with Crippen LogP contribution in [0.3, 0.4) is 0 Å². The number of aromatic nitrogens is 3. The van der Waals surface area contributed by atoms with Crippen LogP contribution in [-0.4, -0.2) is 34.1 Å². The van der Waals surface area contributed by atoms with Crippen LogP contribution >= 0.6 is 0 Å². The average molecular weight is 247 g/mol. The zero-order valence-corrected chi connectivity index (χ0v) is 9.88. The lowest BCUT2D eigenvalue weighted by atomic mass is 10.3. The number of nitrogens with one attached hydrogen (secondary N) is 2. The molecule has 0 aliphatic carbocycles. The fourth-order valence-corrected chi connectivity index (χ4v) is 1.32. The van der Waals surface area contributed by atoms with Gasteiger partial charge in [0.1, 0.15) is 11.6 Å². The fraction of sp³-hybridized carbons (Fsp3) is 0.273. The van der Waals surface area contributed by atoms with Crippen molar-refractivity contribution in [3.05, 3.63) is 36.1 Å². The van der Waals surface area contributed by atoms with Crippen molar-refractivity contribution in [3.63, 3.8) is 0 Å². The SMILES string of the molecule is Cc1cc(C(=O)NCCNc2cnccn2)no1. The molecule has 0 saturated heterocycles. The number of amides is 1. The van der Waals surface area contributed by atoms with E-state index >= 15 is 0 Å². The Labute approximate surface area is 104 Å². The highest BCUT2D eigenvalue weighted by Crippen LogP contribution is 2.00. The van der Waals surface area contributed by atoms with Crippen molar-refractivity contribution in [3.8, 4) is 0 Å². The molecule has 0 aromatic carbocycles. The number of hydrogen-bond donors (Lipinski definition) is 2. The molecule has 0 aliphatic rings. The highest BCUT2D eigenvalue weighted by atomic mass is 16.5. The molecule has 94 valence electrons. The van der Waals surface area contributed by atoms with Gasteiger partial charge in [-0.15, -0.1) is 0 Å². The fourth-order valence-electron chi connectivity index (χ4n) is 1.32. The minimum Gasteiger partial charge on any atom is -0.367 e. The van der Waals surface area contributed by atoms with E-state index in [1.54, 1.807) is 31.6 Å². The molecule has 2 N–H and O–H groups in total. The number of hydrogen-bond acceptors (Lipinski definition) is 6. The van der Waals surface area contributed by atoms with Crippen molar-refractivity contribution >= 4 is 11.7 Å². The summed E-state index contributed by atoms with van der Waals surface area (Å²) in [4.78, 5) is 19.5. The summed E-state index contributed by atoms with van der Waals surface area (Å²) in [6.45, 7) is 2.75. The number of carbonyl (C=O) groups is 1. The quantitative estimate of drug-likeness (QED) is 0.752. The maximum Gasteiger partial charge on any atom is 0.273 e. The van der Waals surface area contributed by atoms with Crippen LogP contribution in [0.1, 0.15) is 16.2 Å². The Bertz CT molecular complexity index is 511. The Hall–Kier alpha value is -2.44. The molecule has 1 amide bonds. The van der Waals surface area contributed by atoms with Gasteiger partial charge in [-0.25, -0.2) is 4.98 Å². The van der Waals surface area contributed by atoms with Gasteiger partial charge in [-0.2, -0.15) is 0 Å². The van der Waals surface area contributed by atoms with Gasteiger partial charge in [0.25, 0.3) is 5.91 Å². The average Bonchev–Trinajstić information content (AvgIpc) is 2.82. The maximum absolute atomic E-state index is 11.6. The third-order valence-corrected chi connectivity index (χ3v) is 2.14. The third-order valence-electron chi connectivity index (χ3n) is 2.14. The Kier molecular flexibility index (Phi) is 3.85. The normalized spacial score (nSPS) is 10.1. The van der Waals surface area contributed by atoms with Crippen molar-refractivity contribution < 1.29 is 9.32 Å². The van der Waals surface area contributed by atoms with Crippen molar-refractivity contribution in [1.29, 1.82) is 0 Å². The first-order valence-electron chi connectivity index (χ1n) is 5.47.